The molecule has 2 heterocycles. The third kappa shape index (κ3) is 3.06. The first kappa shape index (κ1) is 15.6. The van der Waals surface area contributed by atoms with Gasteiger partial charge in [0.15, 0.2) is 0 Å². The van der Waals surface area contributed by atoms with Crippen LogP contribution in [0.3, 0.4) is 0 Å². The number of carbonyl (C=O) groups is 1. The Balaban J connectivity index is 1.73. The van der Waals surface area contributed by atoms with Gasteiger partial charge in [0.25, 0.3) is 5.91 Å². The minimum absolute atomic E-state index is 0.0187. The Morgan fingerprint density at radius 3 is 2.82 bits per heavy atom. The minimum Gasteiger partial charge on any atom is -0.350 e. The minimum atomic E-state index is -0.0187. The molecule has 0 saturated carbocycles. The smallest absolute Gasteiger partial charge is 0.268 e. The summed E-state index contributed by atoms with van der Waals surface area (Å²) in [7, 11) is 0. The van der Waals surface area contributed by atoms with Gasteiger partial charge in [-0.3, -0.25) is 9.69 Å². The molecule has 1 saturated heterocycles. The second-order valence-corrected chi connectivity index (χ2v) is 7.44. The quantitative estimate of drug-likeness (QED) is 0.877. The number of H-pyrrole nitrogens is 1. The predicted molar refractivity (Wildman–Crippen MR) is 93.1 cm³/mol. The van der Waals surface area contributed by atoms with Crippen molar-refractivity contribution >= 4 is 32.7 Å². The van der Waals surface area contributed by atoms with E-state index in [-0.39, 0.29) is 11.9 Å². The summed E-state index contributed by atoms with van der Waals surface area (Å²) in [5.74, 6) is 0.458. The Labute approximate surface area is 139 Å². The molecular formula is C17H22BrN3O. The van der Waals surface area contributed by atoms with Gasteiger partial charge in [-0.2, -0.15) is 0 Å². The number of rotatable bonds is 3. The zero-order valence-corrected chi connectivity index (χ0v) is 14.8. The average Bonchev–Trinajstić information content (AvgIpc) is 3.02. The van der Waals surface area contributed by atoms with Gasteiger partial charge in [-0.15, -0.1) is 0 Å². The van der Waals surface area contributed by atoms with Crippen LogP contribution >= 0.6 is 15.9 Å². The van der Waals surface area contributed by atoms with Crippen LogP contribution in [0.5, 0.6) is 0 Å². The second-order valence-electron chi connectivity index (χ2n) is 6.52. The van der Waals surface area contributed by atoms with Crippen molar-refractivity contribution in [3.05, 3.63) is 34.4 Å². The number of benzene rings is 1. The number of aromatic amines is 1. The molecule has 2 N–H and O–H groups in total. The van der Waals surface area contributed by atoms with Gasteiger partial charge in [0.05, 0.1) is 0 Å². The standard InChI is InChI=1S/C17H22BrN3O/c1-10(2)21-8-11(3)16(9-21)20-17(22)15-6-12-4-5-13(18)7-14(12)19-15/h4-7,10-11,16,19H,8-9H2,1-3H3,(H,20,22)/t11-,16+/m0/s1. The zero-order chi connectivity index (χ0) is 15.9. The number of nitrogens with zero attached hydrogens (tertiary/aromatic N) is 1. The van der Waals surface area contributed by atoms with Gasteiger partial charge in [-0.05, 0) is 38.0 Å². The van der Waals surface area contributed by atoms with Crippen molar-refractivity contribution in [1.29, 1.82) is 0 Å². The van der Waals surface area contributed by atoms with Crippen molar-refractivity contribution in [2.24, 2.45) is 5.92 Å². The fourth-order valence-electron chi connectivity index (χ4n) is 3.08. The van der Waals surface area contributed by atoms with E-state index >= 15 is 0 Å². The van der Waals surface area contributed by atoms with Crippen LogP contribution in [-0.4, -0.2) is 41.0 Å². The predicted octanol–water partition coefficient (Wildman–Crippen LogP) is 3.39. The lowest BCUT2D eigenvalue weighted by molar-refractivity contribution is 0.0926. The summed E-state index contributed by atoms with van der Waals surface area (Å²) in [6, 6.07) is 8.63. The molecule has 0 spiro atoms. The Morgan fingerprint density at radius 2 is 2.14 bits per heavy atom. The van der Waals surface area contributed by atoms with E-state index in [9.17, 15) is 4.79 Å². The third-order valence-electron chi connectivity index (χ3n) is 4.52. The Hall–Kier alpha value is -1.33. The molecule has 1 aromatic carbocycles. The molecule has 0 bridgehead atoms. The van der Waals surface area contributed by atoms with Crippen molar-refractivity contribution in [3.8, 4) is 0 Å². The average molecular weight is 364 g/mol. The maximum absolute atomic E-state index is 12.5. The highest BCUT2D eigenvalue weighted by Gasteiger charge is 2.32. The van der Waals surface area contributed by atoms with E-state index in [0.717, 1.165) is 28.5 Å². The zero-order valence-electron chi connectivity index (χ0n) is 13.2. The molecular weight excluding hydrogens is 342 g/mol. The van der Waals surface area contributed by atoms with Gasteiger partial charge in [0.1, 0.15) is 5.69 Å². The molecule has 0 aliphatic carbocycles. The number of halogens is 1. The molecule has 4 nitrogen and oxygen atoms in total. The van der Waals surface area contributed by atoms with E-state index in [2.05, 4.69) is 51.9 Å². The molecule has 2 atom stereocenters. The molecule has 1 fully saturated rings. The van der Waals surface area contributed by atoms with Crippen LogP contribution in [0.1, 0.15) is 31.3 Å². The number of carbonyl (C=O) groups excluding carboxylic acids is 1. The normalized spacial score (nSPS) is 22.6. The van der Waals surface area contributed by atoms with Crippen LogP contribution in [0.2, 0.25) is 0 Å². The van der Waals surface area contributed by atoms with Crippen molar-refractivity contribution in [2.45, 2.75) is 32.9 Å². The van der Waals surface area contributed by atoms with E-state index in [1.807, 2.05) is 24.3 Å². The lowest BCUT2D eigenvalue weighted by Gasteiger charge is -2.20. The maximum atomic E-state index is 12.5. The van der Waals surface area contributed by atoms with Gasteiger partial charge in [-0.25, -0.2) is 0 Å². The summed E-state index contributed by atoms with van der Waals surface area (Å²) in [6.45, 7) is 8.58. The van der Waals surface area contributed by atoms with Crippen LogP contribution in [0.15, 0.2) is 28.7 Å². The number of fused-ring (bicyclic) bond motifs is 1. The lowest BCUT2D eigenvalue weighted by atomic mass is 10.1. The molecule has 0 radical (unpaired) electrons. The molecule has 2 aromatic rings. The fraction of sp³-hybridized carbons (Fsp3) is 0.471. The summed E-state index contributed by atoms with van der Waals surface area (Å²) < 4.78 is 1.01. The molecule has 1 aliphatic rings. The van der Waals surface area contributed by atoms with Crippen LogP contribution in [0, 0.1) is 5.92 Å². The largest absolute Gasteiger partial charge is 0.350 e. The molecule has 0 unspecified atom stereocenters. The summed E-state index contributed by atoms with van der Waals surface area (Å²) >= 11 is 3.45. The highest BCUT2D eigenvalue weighted by atomic mass is 79.9. The molecule has 1 amide bonds. The Kier molecular flexibility index (Phi) is 4.28. The number of aromatic nitrogens is 1. The second kappa shape index (κ2) is 6.05. The molecule has 1 aliphatic heterocycles. The Bertz CT molecular complexity index is 694. The van der Waals surface area contributed by atoms with E-state index in [1.165, 1.54) is 0 Å². The van der Waals surface area contributed by atoms with Crippen LogP contribution in [0.4, 0.5) is 0 Å². The first-order valence-corrected chi connectivity index (χ1v) is 8.56. The van der Waals surface area contributed by atoms with E-state index < -0.39 is 0 Å². The van der Waals surface area contributed by atoms with E-state index in [4.69, 9.17) is 0 Å². The highest BCUT2D eigenvalue weighted by molar-refractivity contribution is 9.10. The highest BCUT2D eigenvalue weighted by Crippen LogP contribution is 2.22. The number of hydrogen-bond donors (Lipinski definition) is 2. The van der Waals surface area contributed by atoms with Gasteiger partial charge in [0.2, 0.25) is 0 Å². The first-order valence-electron chi connectivity index (χ1n) is 7.77. The van der Waals surface area contributed by atoms with Crippen molar-refractivity contribution in [2.75, 3.05) is 13.1 Å². The van der Waals surface area contributed by atoms with Crippen LogP contribution in [0.25, 0.3) is 10.9 Å². The van der Waals surface area contributed by atoms with E-state index in [0.29, 0.717) is 17.7 Å². The van der Waals surface area contributed by atoms with Crippen molar-refractivity contribution in [3.63, 3.8) is 0 Å². The number of amides is 1. The monoisotopic (exact) mass is 363 g/mol. The molecule has 118 valence electrons. The van der Waals surface area contributed by atoms with Crippen LogP contribution in [-0.2, 0) is 0 Å². The number of nitrogens with one attached hydrogen (secondary N) is 2. The number of hydrogen-bond acceptors (Lipinski definition) is 2. The Morgan fingerprint density at radius 1 is 1.36 bits per heavy atom. The lowest BCUT2D eigenvalue weighted by Crippen LogP contribution is -2.40. The van der Waals surface area contributed by atoms with Gasteiger partial charge in [-0.1, -0.05) is 28.9 Å². The fourth-order valence-corrected chi connectivity index (χ4v) is 3.44. The molecule has 1 aromatic heterocycles. The summed E-state index contributed by atoms with van der Waals surface area (Å²) in [5, 5.41) is 4.23. The SMILES string of the molecule is CC(C)N1C[C@H](C)[C@H](NC(=O)c2cc3ccc(Br)cc3[nH]2)C1. The van der Waals surface area contributed by atoms with Gasteiger partial charge in [0, 0.05) is 40.5 Å². The third-order valence-corrected chi connectivity index (χ3v) is 5.01. The topological polar surface area (TPSA) is 48.1 Å². The summed E-state index contributed by atoms with van der Waals surface area (Å²) in [5.41, 5.74) is 1.60. The molecule has 22 heavy (non-hydrogen) atoms. The number of likely N-dealkylation sites (tertiary alicyclic amines) is 1. The van der Waals surface area contributed by atoms with Crippen molar-refractivity contribution < 1.29 is 4.79 Å². The maximum Gasteiger partial charge on any atom is 0.268 e. The van der Waals surface area contributed by atoms with Crippen LogP contribution < -0.4 is 5.32 Å². The van der Waals surface area contributed by atoms with Crippen molar-refractivity contribution in [1.82, 2.24) is 15.2 Å². The summed E-state index contributed by atoms with van der Waals surface area (Å²) in [6.07, 6.45) is 0. The molecule has 3 rings (SSSR count). The first-order chi connectivity index (χ1) is 10.4. The van der Waals surface area contributed by atoms with Gasteiger partial charge < -0.3 is 10.3 Å². The summed E-state index contributed by atoms with van der Waals surface area (Å²) in [4.78, 5) is 18.1. The molecule has 5 heteroatoms. The van der Waals surface area contributed by atoms with Gasteiger partial charge >= 0.3 is 0 Å². The van der Waals surface area contributed by atoms with E-state index in [1.54, 1.807) is 0 Å².